The van der Waals surface area contributed by atoms with Crippen LogP contribution in [0.2, 0.25) is 0 Å². The van der Waals surface area contributed by atoms with Gasteiger partial charge in [0.1, 0.15) is 0 Å². The van der Waals surface area contributed by atoms with E-state index in [4.69, 9.17) is 5.73 Å². The fourth-order valence-corrected chi connectivity index (χ4v) is 3.18. The number of amides is 2. The average molecular weight is 323 g/mol. The number of hydrogen-bond acceptors (Lipinski definition) is 3. The molecule has 0 radical (unpaired) electrons. The Morgan fingerprint density at radius 2 is 1.87 bits per heavy atom. The fourth-order valence-electron chi connectivity index (χ4n) is 2.33. The molecular formula is C18H17N3OS. The molecule has 0 bridgehead atoms. The second-order valence-corrected chi connectivity index (χ2v) is 5.99. The van der Waals surface area contributed by atoms with Gasteiger partial charge in [-0.2, -0.15) is 0 Å². The number of rotatable bonds is 5. The fraction of sp³-hybridized carbons (Fsp3) is 0.0556. The molecule has 1 aromatic heterocycles. The molecule has 0 saturated heterocycles. The van der Waals surface area contributed by atoms with E-state index >= 15 is 0 Å². The molecule has 3 aromatic rings. The zero-order valence-corrected chi connectivity index (χ0v) is 13.3. The maximum Gasteiger partial charge on any atom is 0.316 e. The Kier molecular flexibility index (Phi) is 4.59. The number of carbonyl (C=O) groups is 1. The molecule has 1 heterocycles. The van der Waals surface area contributed by atoms with Gasteiger partial charge in [-0.25, -0.2) is 4.79 Å². The molecule has 0 atom stereocenters. The Morgan fingerprint density at radius 3 is 2.65 bits per heavy atom. The highest BCUT2D eigenvalue weighted by atomic mass is 32.1. The Morgan fingerprint density at radius 1 is 1.04 bits per heavy atom. The van der Waals surface area contributed by atoms with Gasteiger partial charge in [-0.1, -0.05) is 42.5 Å². The number of benzene rings is 2. The van der Waals surface area contributed by atoms with Crippen molar-refractivity contribution in [3.8, 4) is 10.4 Å². The van der Waals surface area contributed by atoms with Crippen LogP contribution in [0.25, 0.3) is 10.4 Å². The molecule has 0 spiro atoms. The molecule has 0 aliphatic heterocycles. The first-order valence-corrected chi connectivity index (χ1v) is 8.12. The lowest BCUT2D eigenvalue weighted by atomic mass is 10.1. The van der Waals surface area contributed by atoms with Gasteiger partial charge in [0.2, 0.25) is 0 Å². The Hall–Kier alpha value is -2.79. The zero-order chi connectivity index (χ0) is 16.1. The molecule has 4 N–H and O–H groups in total. The quantitative estimate of drug-likeness (QED) is 0.646. The predicted molar refractivity (Wildman–Crippen MR) is 96.7 cm³/mol. The standard InChI is InChI=1S/C18H17N3OS/c19-18(22)21-16-9-10-23-17(16)14-7-4-8-15(11-14)20-12-13-5-2-1-3-6-13/h1-11,20H,12H2,(H3,19,21,22). The number of hydrogen-bond donors (Lipinski definition) is 3. The lowest BCUT2D eigenvalue weighted by Crippen LogP contribution is -2.19. The summed E-state index contributed by atoms with van der Waals surface area (Å²) in [5.74, 6) is 0. The second kappa shape index (κ2) is 6.98. The average Bonchev–Trinajstić information content (AvgIpc) is 3.01. The molecule has 0 aliphatic carbocycles. The van der Waals surface area contributed by atoms with Crippen LogP contribution in [0.1, 0.15) is 5.56 Å². The van der Waals surface area contributed by atoms with Gasteiger partial charge < -0.3 is 16.4 Å². The number of nitrogens with one attached hydrogen (secondary N) is 2. The molecule has 2 amide bonds. The number of primary amides is 1. The van der Waals surface area contributed by atoms with Crippen LogP contribution in [0.4, 0.5) is 16.2 Å². The first kappa shape index (κ1) is 15.1. The molecule has 2 aromatic carbocycles. The van der Waals surface area contributed by atoms with E-state index in [-0.39, 0.29) is 0 Å². The van der Waals surface area contributed by atoms with Crippen molar-refractivity contribution in [1.82, 2.24) is 0 Å². The maximum absolute atomic E-state index is 11.1. The molecule has 23 heavy (non-hydrogen) atoms. The third-order valence-electron chi connectivity index (χ3n) is 3.39. The van der Waals surface area contributed by atoms with Crippen molar-refractivity contribution < 1.29 is 4.79 Å². The zero-order valence-electron chi connectivity index (χ0n) is 12.5. The van der Waals surface area contributed by atoms with Gasteiger partial charge in [-0.05, 0) is 34.7 Å². The van der Waals surface area contributed by atoms with Crippen molar-refractivity contribution in [3.05, 3.63) is 71.6 Å². The molecule has 5 heteroatoms. The van der Waals surface area contributed by atoms with E-state index in [9.17, 15) is 4.79 Å². The van der Waals surface area contributed by atoms with Gasteiger partial charge in [0.15, 0.2) is 0 Å². The Bertz CT molecular complexity index is 799. The number of thiophene rings is 1. The molecule has 0 aliphatic rings. The molecule has 3 rings (SSSR count). The van der Waals surface area contributed by atoms with Crippen LogP contribution in [0.3, 0.4) is 0 Å². The summed E-state index contributed by atoms with van der Waals surface area (Å²) in [6.07, 6.45) is 0. The Balaban J connectivity index is 1.77. The molecule has 4 nitrogen and oxygen atoms in total. The molecule has 0 saturated carbocycles. The summed E-state index contributed by atoms with van der Waals surface area (Å²) in [4.78, 5) is 12.1. The highest BCUT2D eigenvalue weighted by molar-refractivity contribution is 7.14. The van der Waals surface area contributed by atoms with Gasteiger partial charge in [0, 0.05) is 12.2 Å². The third kappa shape index (κ3) is 3.90. The molecule has 0 unspecified atom stereocenters. The van der Waals surface area contributed by atoms with Crippen LogP contribution in [-0.2, 0) is 6.54 Å². The van der Waals surface area contributed by atoms with Crippen molar-refractivity contribution in [3.63, 3.8) is 0 Å². The highest BCUT2D eigenvalue weighted by Gasteiger charge is 2.09. The summed E-state index contributed by atoms with van der Waals surface area (Å²) in [6, 6.07) is 19.7. The van der Waals surface area contributed by atoms with Gasteiger partial charge in [0.25, 0.3) is 0 Å². The maximum atomic E-state index is 11.1. The molecule has 116 valence electrons. The first-order valence-electron chi connectivity index (χ1n) is 7.24. The van der Waals surface area contributed by atoms with Crippen molar-refractivity contribution in [1.29, 1.82) is 0 Å². The summed E-state index contributed by atoms with van der Waals surface area (Å²) in [5, 5.41) is 8.01. The van der Waals surface area contributed by atoms with Crippen LogP contribution in [0, 0.1) is 0 Å². The van der Waals surface area contributed by atoms with E-state index in [0.29, 0.717) is 0 Å². The largest absolute Gasteiger partial charge is 0.381 e. The van der Waals surface area contributed by atoms with E-state index in [1.165, 1.54) is 5.56 Å². The predicted octanol–water partition coefficient (Wildman–Crippen LogP) is 4.52. The van der Waals surface area contributed by atoms with Crippen molar-refractivity contribution in [2.45, 2.75) is 6.54 Å². The first-order chi connectivity index (χ1) is 11.2. The highest BCUT2D eigenvalue weighted by Crippen LogP contribution is 2.34. The minimum absolute atomic E-state index is 0.553. The van der Waals surface area contributed by atoms with Gasteiger partial charge in [0.05, 0.1) is 10.6 Å². The van der Waals surface area contributed by atoms with Crippen LogP contribution >= 0.6 is 11.3 Å². The smallest absolute Gasteiger partial charge is 0.316 e. The Labute approximate surface area is 139 Å². The lowest BCUT2D eigenvalue weighted by molar-refractivity contribution is 0.259. The normalized spacial score (nSPS) is 10.3. The number of anilines is 2. The van der Waals surface area contributed by atoms with Crippen LogP contribution in [0.15, 0.2) is 66.0 Å². The minimum Gasteiger partial charge on any atom is -0.381 e. The monoisotopic (exact) mass is 323 g/mol. The summed E-state index contributed by atoms with van der Waals surface area (Å²) in [5.41, 5.74) is 9.26. The number of urea groups is 1. The lowest BCUT2D eigenvalue weighted by Gasteiger charge is -2.09. The SMILES string of the molecule is NC(=O)Nc1ccsc1-c1cccc(NCc2ccccc2)c1. The minimum atomic E-state index is -0.553. The summed E-state index contributed by atoms with van der Waals surface area (Å²) < 4.78 is 0. The number of carbonyl (C=O) groups excluding carboxylic acids is 1. The third-order valence-corrected chi connectivity index (χ3v) is 4.35. The summed E-state index contributed by atoms with van der Waals surface area (Å²) >= 11 is 1.57. The van der Waals surface area contributed by atoms with E-state index in [1.54, 1.807) is 11.3 Å². The van der Waals surface area contributed by atoms with E-state index in [0.717, 1.165) is 28.4 Å². The van der Waals surface area contributed by atoms with E-state index in [2.05, 4.69) is 28.8 Å². The van der Waals surface area contributed by atoms with E-state index < -0.39 is 6.03 Å². The number of nitrogens with two attached hydrogens (primary N) is 1. The topological polar surface area (TPSA) is 67.2 Å². The summed E-state index contributed by atoms with van der Waals surface area (Å²) in [7, 11) is 0. The van der Waals surface area contributed by atoms with E-state index in [1.807, 2.05) is 47.8 Å². The molecule has 0 fully saturated rings. The van der Waals surface area contributed by atoms with Crippen LogP contribution in [-0.4, -0.2) is 6.03 Å². The summed E-state index contributed by atoms with van der Waals surface area (Å²) in [6.45, 7) is 0.765. The second-order valence-electron chi connectivity index (χ2n) is 5.07. The van der Waals surface area contributed by atoms with Gasteiger partial charge >= 0.3 is 6.03 Å². The van der Waals surface area contributed by atoms with Crippen molar-refractivity contribution in [2.75, 3.05) is 10.6 Å². The van der Waals surface area contributed by atoms with Gasteiger partial charge in [-0.3, -0.25) is 0 Å². The van der Waals surface area contributed by atoms with Gasteiger partial charge in [-0.15, -0.1) is 11.3 Å². The van der Waals surface area contributed by atoms with Crippen LogP contribution < -0.4 is 16.4 Å². The van der Waals surface area contributed by atoms with Crippen molar-refractivity contribution in [2.24, 2.45) is 5.73 Å². The molecular weight excluding hydrogens is 306 g/mol. The van der Waals surface area contributed by atoms with Crippen LogP contribution in [0.5, 0.6) is 0 Å². The van der Waals surface area contributed by atoms with Crippen molar-refractivity contribution >= 4 is 28.7 Å².